The molecule has 5 nitrogen and oxygen atoms in total. The molecule has 0 spiro atoms. The van der Waals surface area contributed by atoms with Crippen molar-refractivity contribution < 1.29 is 14.3 Å². The molecular formula is C20H26N2O3. The maximum atomic E-state index is 12.8. The molecule has 0 aromatic heterocycles. The fraction of sp³-hybridized carbons (Fsp3) is 0.600. The molecule has 134 valence electrons. The zero-order valence-electron chi connectivity index (χ0n) is 14.8. The molecule has 3 aliphatic heterocycles. The fourth-order valence-electron chi connectivity index (χ4n) is 4.97. The van der Waals surface area contributed by atoms with Gasteiger partial charge in [0.1, 0.15) is 0 Å². The predicted molar refractivity (Wildman–Crippen MR) is 94.3 cm³/mol. The zero-order chi connectivity index (χ0) is 17.4. The largest absolute Gasteiger partial charge is 0.465 e. The van der Waals surface area contributed by atoms with E-state index >= 15 is 0 Å². The van der Waals surface area contributed by atoms with Gasteiger partial charge in [-0.15, -0.1) is 0 Å². The van der Waals surface area contributed by atoms with Gasteiger partial charge in [-0.2, -0.15) is 0 Å². The third kappa shape index (κ3) is 3.17. The Hall–Kier alpha value is -1.88. The Morgan fingerprint density at radius 1 is 1.20 bits per heavy atom. The topological polar surface area (TPSA) is 49.9 Å². The van der Waals surface area contributed by atoms with Crippen LogP contribution in [-0.2, 0) is 16.0 Å². The summed E-state index contributed by atoms with van der Waals surface area (Å²) in [5.41, 5.74) is 1.38. The first kappa shape index (κ1) is 16.6. The van der Waals surface area contributed by atoms with Crippen LogP contribution < -0.4 is 0 Å². The van der Waals surface area contributed by atoms with Crippen molar-refractivity contribution >= 4 is 11.9 Å². The van der Waals surface area contributed by atoms with Crippen LogP contribution in [-0.4, -0.2) is 61.0 Å². The summed E-state index contributed by atoms with van der Waals surface area (Å²) in [7, 11) is 1.37. The summed E-state index contributed by atoms with van der Waals surface area (Å²) in [4.78, 5) is 29.1. The lowest BCUT2D eigenvalue weighted by Crippen LogP contribution is -2.41. The van der Waals surface area contributed by atoms with Crippen molar-refractivity contribution in [3.63, 3.8) is 0 Å². The van der Waals surface area contributed by atoms with Crippen molar-refractivity contribution in [2.45, 2.75) is 31.7 Å². The third-order valence-corrected chi connectivity index (χ3v) is 6.18. The zero-order valence-corrected chi connectivity index (χ0v) is 14.8. The van der Waals surface area contributed by atoms with Crippen molar-refractivity contribution in [1.29, 1.82) is 0 Å². The number of benzene rings is 1. The van der Waals surface area contributed by atoms with Gasteiger partial charge < -0.3 is 9.64 Å². The van der Waals surface area contributed by atoms with Crippen LogP contribution in [0.4, 0.5) is 0 Å². The SMILES string of the molecule is COC(=O)c1cccc(CC(=O)N2C[C@@H]3CN4CCCC[C@H]4[C@H]3C2)c1. The highest BCUT2D eigenvalue weighted by Crippen LogP contribution is 2.40. The Morgan fingerprint density at radius 2 is 2.08 bits per heavy atom. The van der Waals surface area contributed by atoms with E-state index in [9.17, 15) is 9.59 Å². The Bertz CT molecular complexity index is 675. The molecule has 1 aromatic rings. The van der Waals surface area contributed by atoms with E-state index < -0.39 is 0 Å². The average molecular weight is 342 g/mol. The molecule has 0 bridgehead atoms. The average Bonchev–Trinajstić information content (AvgIpc) is 3.19. The first-order chi connectivity index (χ1) is 12.2. The number of nitrogens with zero attached hydrogens (tertiary/aromatic N) is 2. The number of ether oxygens (including phenoxy) is 1. The molecule has 4 rings (SSSR count). The molecule has 0 unspecified atom stereocenters. The van der Waals surface area contributed by atoms with Gasteiger partial charge in [0.25, 0.3) is 0 Å². The van der Waals surface area contributed by atoms with Crippen LogP contribution in [0, 0.1) is 11.8 Å². The monoisotopic (exact) mass is 342 g/mol. The minimum atomic E-state index is -0.359. The van der Waals surface area contributed by atoms with Crippen LogP contribution in [0.2, 0.25) is 0 Å². The summed E-state index contributed by atoms with van der Waals surface area (Å²) in [6, 6.07) is 7.90. The van der Waals surface area contributed by atoms with Crippen LogP contribution in [0.25, 0.3) is 0 Å². The second kappa shape index (κ2) is 6.79. The molecular weight excluding hydrogens is 316 g/mol. The number of hydrogen-bond acceptors (Lipinski definition) is 4. The molecule has 3 saturated heterocycles. The van der Waals surface area contributed by atoms with Crippen molar-refractivity contribution in [1.82, 2.24) is 9.80 Å². The van der Waals surface area contributed by atoms with E-state index in [-0.39, 0.29) is 11.9 Å². The van der Waals surface area contributed by atoms with E-state index in [1.54, 1.807) is 12.1 Å². The highest BCUT2D eigenvalue weighted by Gasteiger charge is 2.48. The first-order valence-electron chi connectivity index (χ1n) is 9.35. The van der Waals surface area contributed by atoms with Gasteiger partial charge in [-0.3, -0.25) is 9.69 Å². The lowest BCUT2D eigenvalue weighted by Gasteiger charge is -2.33. The molecule has 3 fully saturated rings. The standard InChI is InChI=1S/C20H26N2O3/c1-25-20(24)15-6-4-5-14(9-15)10-19(23)22-12-16-11-21-8-3-2-7-18(21)17(16)13-22/h4-6,9,16-18H,2-3,7-8,10-13H2,1H3/t16-,17-,18-/m0/s1. The summed E-state index contributed by atoms with van der Waals surface area (Å²) >= 11 is 0. The number of fused-ring (bicyclic) bond motifs is 3. The lowest BCUT2D eigenvalue weighted by atomic mass is 9.90. The third-order valence-electron chi connectivity index (χ3n) is 6.18. The highest BCUT2D eigenvalue weighted by molar-refractivity contribution is 5.90. The minimum absolute atomic E-state index is 0.179. The molecule has 5 heteroatoms. The smallest absolute Gasteiger partial charge is 0.337 e. The molecule has 0 saturated carbocycles. The maximum absolute atomic E-state index is 12.8. The van der Waals surface area contributed by atoms with Crippen LogP contribution in [0.15, 0.2) is 24.3 Å². The highest BCUT2D eigenvalue weighted by atomic mass is 16.5. The Kier molecular flexibility index (Phi) is 4.50. The molecule has 1 aromatic carbocycles. The van der Waals surface area contributed by atoms with E-state index in [1.165, 1.54) is 32.9 Å². The van der Waals surface area contributed by atoms with E-state index in [4.69, 9.17) is 4.74 Å². The lowest BCUT2D eigenvalue weighted by molar-refractivity contribution is -0.129. The number of methoxy groups -OCH3 is 1. The quantitative estimate of drug-likeness (QED) is 0.788. The molecule has 0 aliphatic carbocycles. The molecule has 0 radical (unpaired) electrons. The van der Waals surface area contributed by atoms with Gasteiger partial charge in [-0.05, 0) is 48.9 Å². The number of piperidine rings is 1. The summed E-state index contributed by atoms with van der Waals surface area (Å²) in [5.74, 6) is 1.13. The normalized spacial score (nSPS) is 28.5. The number of rotatable bonds is 3. The number of carbonyl (C=O) groups is 2. The van der Waals surface area contributed by atoms with Crippen LogP contribution in [0.1, 0.15) is 35.2 Å². The van der Waals surface area contributed by atoms with Gasteiger partial charge in [0.2, 0.25) is 5.91 Å². The van der Waals surface area contributed by atoms with Crippen molar-refractivity contribution in [2.75, 3.05) is 33.3 Å². The Labute approximate surface area is 148 Å². The van der Waals surface area contributed by atoms with Gasteiger partial charge in [0.15, 0.2) is 0 Å². The molecule has 25 heavy (non-hydrogen) atoms. The van der Waals surface area contributed by atoms with Crippen molar-refractivity contribution in [3.8, 4) is 0 Å². The van der Waals surface area contributed by atoms with Crippen molar-refractivity contribution in [2.24, 2.45) is 11.8 Å². The van der Waals surface area contributed by atoms with Crippen LogP contribution >= 0.6 is 0 Å². The molecule has 3 atom stereocenters. The fourth-order valence-corrected chi connectivity index (χ4v) is 4.97. The van der Waals surface area contributed by atoms with Crippen molar-refractivity contribution in [3.05, 3.63) is 35.4 Å². The second-order valence-electron chi connectivity index (χ2n) is 7.65. The number of likely N-dealkylation sites (tertiary alicyclic amines) is 1. The van der Waals surface area contributed by atoms with E-state index in [0.717, 1.165) is 25.2 Å². The summed E-state index contributed by atoms with van der Waals surface area (Å²) in [6.07, 6.45) is 4.32. The van der Waals surface area contributed by atoms with Gasteiger partial charge in [-0.1, -0.05) is 18.6 Å². The van der Waals surface area contributed by atoms with E-state index in [0.29, 0.717) is 29.9 Å². The number of esters is 1. The maximum Gasteiger partial charge on any atom is 0.337 e. The summed E-state index contributed by atoms with van der Waals surface area (Å²) < 4.78 is 4.76. The van der Waals surface area contributed by atoms with Gasteiger partial charge >= 0.3 is 5.97 Å². The minimum Gasteiger partial charge on any atom is -0.465 e. The first-order valence-corrected chi connectivity index (χ1v) is 9.35. The van der Waals surface area contributed by atoms with Crippen LogP contribution in [0.3, 0.4) is 0 Å². The Morgan fingerprint density at radius 3 is 2.92 bits per heavy atom. The molecule has 3 aliphatic rings. The van der Waals surface area contributed by atoms with Gasteiger partial charge in [-0.25, -0.2) is 4.79 Å². The summed E-state index contributed by atoms with van der Waals surface area (Å²) in [5, 5.41) is 0. The predicted octanol–water partition coefficient (Wildman–Crippen LogP) is 1.96. The summed E-state index contributed by atoms with van der Waals surface area (Å²) in [6.45, 7) is 4.21. The number of amides is 1. The second-order valence-corrected chi connectivity index (χ2v) is 7.65. The van der Waals surface area contributed by atoms with Gasteiger partial charge in [0.05, 0.1) is 19.1 Å². The van der Waals surface area contributed by atoms with Gasteiger partial charge in [0, 0.05) is 25.7 Å². The number of hydrogen-bond donors (Lipinski definition) is 0. The molecule has 3 heterocycles. The molecule has 1 amide bonds. The number of carbonyl (C=O) groups excluding carboxylic acids is 2. The van der Waals surface area contributed by atoms with E-state index in [2.05, 4.69) is 4.90 Å². The van der Waals surface area contributed by atoms with E-state index in [1.807, 2.05) is 17.0 Å². The molecule has 0 N–H and O–H groups in total. The Balaban J connectivity index is 1.39. The van der Waals surface area contributed by atoms with Crippen LogP contribution in [0.5, 0.6) is 0 Å².